The van der Waals surface area contributed by atoms with Crippen molar-refractivity contribution in [3.63, 3.8) is 0 Å². The number of non-ortho nitro benzene ring substituents is 1. The van der Waals surface area contributed by atoms with Crippen molar-refractivity contribution in [3.05, 3.63) is 154 Å². The van der Waals surface area contributed by atoms with E-state index < -0.39 is 25.5 Å². The number of aromatic nitrogens is 2. The van der Waals surface area contributed by atoms with Crippen LogP contribution in [0.3, 0.4) is 0 Å². The molecule has 0 saturated heterocycles. The summed E-state index contributed by atoms with van der Waals surface area (Å²) >= 11 is 0. The number of rotatable bonds is 9. The van der Waals surface area contributed by atoms with E-state index in [2.05, 4.69) is 35.8 Å². The van der Waals surface area contributed by atoms with Gasteiger partial charge >= 0.3 is 2.85 Å². The van der Waals surface area contributed by atoms with Crippen molar-refractivity contribution in [2.75, 3.05) is 0 Å². The molecule has 0 atom stereocenters. The maximum atomic E-state index is 12.6. The normalized spacial score (nSPS) is 11.5. The van der Waals surface area contributed by atoms with E-state index in [1.807, 2.05) is 60.7 Å². The molecule has 7 rings (SSSR count). The third kappa shape index (κ3) is 9.89. The Morgan fingerprint density at radius 3 is 2.10 bits per heavy atom. The summed E-state index contributed by atoms with van der Waals surface area (Å²) in [7, 11) is -4.48. The summed E-state index contributed by atoms with van der Waals surface area (Å²) in [6.45, 7) is 1.45. The van der Waals surface area contributed by atoms with E-state index in [1.54, 1.807) is 18.2 Å². The number of hydrogen-bond donors (Lipinski definition) is 4. The number of nitrogens with zero attached hydrogens (tertiary/aromatic N) is 9. The predicted molar refractivity (Wildman–Crippen MR) is 210 cm³/mol. The quantitative estimate of drug-likeness (QED) is 0.0351. The third-order valence-electron chi connectivity index (χ3n) is 7.91. The molecule has 0 fully saturated rings. The van der Waals surface area contributed by atoms with Crippen molar-refractivity contribution in [2.24, 2.45) is 30.7 Å². The van der Waals surface area contributed by atoms with Crippen molar-refractivity contribution in [3.8, 4) is 22.9 Å². The monoisotopic (exact) mass is 840 g/mol. The van der Waals surface area contributed by atoms with Gasteiger partial charge in [-0.1, -0.05) is 67.2 Å². The van der Waals surface area contributed by atoms with E-state index in [0.29, 0.717) is 11.4 Å². The number of benzene rings is 6. The van der Waals surface area contributed by atoms with Crippen molar-refractivity contribution < 1.29 is 53.4 Å². The largest absolute Gasteiger partial charge is 1.00 e. The molecular formula is C38H30CrN9O9S+. The smallest absolute Gasteiger partial charge is 0.506 e. The molecule has 4 N–H and O–H groups in total. The van der Waals surface area contributed by atoms with Gasteiger partial charge in [0.05, 0.1) is 26.9 Å². The minimum atomic E-state index is -4.48. The zero-order chi connectivity index (χ0) is 40.7. The van der Waals surface area contributed by atoms with E-state index >= 15 is 0 Å². The van der Waals surface area contributed by atoms with Crippen molar-refractivity contribution in [1.29, 1.82) is 0 Å². The Bertz CT molecular complexity index is 2910. The summed E-state index contributed by atoms with van der Waals surface area (Å²) in [5, 5.41) is 70.6. The zero-order valence-corrected chi connectivity index (χ0v) is 31.9. The number of phenols is 3. The number of azo groups is 3. The number of aryl methyl sites for hydroxylation is 1. The first-order valence-electron chi connectivity index (χ1n) is 16.4. The van der Waals surface area contributed by atoms with E-state index in [4.69, 9.17) is 4.55 Å². The molecule has 0 bridgehead atoms. The summed E-state index contributed by atoms with van der Waals surface area (Å²) in [4.78, 5) is 22.3. The molecule has 0 aliphatic rings. The van der Waals surface area contributed by atoms with Crippen LogP contribution in [0.25, 0.3) is 16.5 Å². The first kappa shape index (κ1) is 41.8. The fourth-order valence-electron chi connectivity index (χ4n) is 5.09. The van der Waals surface area contributed by atoms with E-state index in [0.717, 1.165) is 51.5 Å². The Labute approximate surface area is 341 Å². The molecule has 292 valence electrons. The molecule has 20 heteroatoms. The molecule has 18 nitrogen and oxygen atoms in total. The second-order valence-corrected chi connectivity index (χ2v) is 13.2. The van der Waals surface area contributed by atoms with E-state index in [-0.39, 0.29) is 71.6 Å². The van der Waals surface area contributed by atoms with Gasteiger partial charge < -0.3 is 25.2 Å². The molecular weight excluding hydrogens is 811 g/mol. The standard InChI is InChI=1S/C22H16N4O2.C16H12N5O7S.Cr/c27-20-13-11-17(24-23-16-7-2-1-3-8-16)14-19(20)25-26-22-18-9-5-4-6-15(18)10-12-21(22)28;1-9-15(18-17-13-8-11(21(24)25)5-6-14(13)22)16(23)20(19-9)10-3-2-4-12(7-10)29(26,27)28;/h1-14,27-28H;2-8,22H,1H3,(H,26,27,28);/q;-1;/p+2. The number of nitro groups is 1. The first-order chi connectivity index (χ1) is 27.3. The van der Waals surface area contributed by atoms with Crippen molar-refractivity contribution >= 4 is 60.7 Å². The molecule has 0 aliphatic heterocycles. The minimum absolute atomic E-state index is 0. The van der Waals surface area contributed by atoms with Gasteiger partial charge in [0.1, 0.15) is 39.9 Å². The van der Waals surface area contributed by atoms with Gasteiger partial charge in [0.15, 0.2) is 0 Å². The number of hydrogen-bond acceptors (Lipinski definition) is 15. The van der Waals surface area contributed by atoms with Gasteiger partial charge in [-0.15, -0.1) is 15.9 Å². The molecule has 0 amide bonds. The summed E-state index contributed by atoms with van der Waals surface area (Å²) in [6.07, 6.45) is 0. The van der Waals surface area contributed by atoms with Crippen LogP contribution in [0.1, 0.15) is 8.55 Å². The predicted octanol–water partition coefficient (Wildman–Crippen LogP) is 9.84. The van der Waals surface area contributed by atoms with Gasteiger partial charge in [0, 0.05) is 34.9 Å². The van der Waals surface area contributed by atoms with Crippen LogP contribution in [0, 0.1) is 17.0 Å². The maximum Gasteiger partial charge on any atom is 1.00 e. The van der Waals surface area contributed by atoms with Gasteiger partial charge in [-0.05, 0) is 66.0 Å². The molecule has 0 radical (unpaired) electrons. The second-order valence-electron chi connectivity index (χ2n) is 11.8. The van der Waals surface area contributed by atoms with Crippen LogP contribution in [0.15, 0.2) is 168 Å². The molecule has 58 heavy (non-hydrogen) atoms. The minimum Gasteiger partial charge on any atom is -0.506 e. The molecule has 0 spiro atoms. The number of aromatic hydroxyl groups is 3. The van der Waals surface area contributed by atoms with Crippen molar-refractivity contribution in [2.45, 2.75) is 11.8 Å². The SMILES string of the molecule is Cc1nn(-c2cccc(S(=O)(=O)O)c2)c(=O)[c-]1N=Nc1cc([N+](=O)[O-])ccc1O.Oc1ccc(N=Nc2ccccc2)cc1N=Nc1c(O)ccc2ccccc12.[Cr].[H+].[H+]. The van der Waals surface area contributed by atoms with Crippen LogP contribution in [0.4, 0.5) is 39.8 Å². The summed E-state index contributed by atoms with van der Waals surface area (Å²) < 4.78 is 32.6. The van der Waals surface area contributed by atoms with Crippen molar-refractivity contribution in [1.82, 2.24) is 9.78 Å². The average Bonchev–Trinajstić information content (AvgIpc) is 3.49. The number of phenolic OH excluding ortho intramolecular Hbond substituents is 3. The summed E-state index contributed by atoms with van der Waals surface area (Å²) in [6, 6.07) is 33.0. The van der Waals surface area contributed by atoms with Gasteiger partial charge in [0.2, 0.25) is 0 Å². The molecule has 1 heterocycles. The van der Waals surface area contributed by atoms with Crippen LogP contribution < -0.4 is 5.56 Å². The van der Waals surface area contributed by atoms with E-state index in [9.17, 15) is 38.6 Å². The molecule has 0 aliphatic carbocycles. The topological polar surface area (TPSA) is 267 Å². The van der Waals surface area contributed by atoms with Crippen LogP contribution >= 0.6 is 0 Å². The Balaban J connectivity index is 0.000000305. The second kappa shape index (κ2) is 18.1. The number of nitro benzene ring substituents is 1. The summed E-state index contributed by atoms with van der Waals surface area (Å²) in [5.41, 5.74) is 0.515. The zero-order valence-electron chi connectivity index (χ0n) is 31.8. The van der Waals surface area contributed by atoms with Gasteiger partial charge in [-0.3, -0.25) is 14.7 Å². The Hall–Kier alpha value is -7.37. The van der Waals surface area contributed by atoms with Crippen LogP contribution in [0.5, 0.6) is 17.2 Å². The molecule has 1 aromatic heterocycles. The van der Waals surface area contributed by atoms with Crippen LogP contribution in [-0.2, 0) is 27.5 Å². The van der Waals surface area contributed by atoms with E-state index in [1.165, 1.54) is 25.1 Å². The molecule has 6 aromatic carbocycles. The first-order valence-corrected chi connectivity index (χ1v) is 17.9. The summed E-state index contributed by atoms with van der Waals surface area (Å²) in [5.74, 6) is -0.401. The molecule has 0 saturated carbocycles. The Morgan fingerprint density at radius 1 is 0.724 bits per heavy atom. The fourth-order valence-corrected chi connectivity index (χ4v) is 5.61. The number of fused-ring (bicyclic) bond motifs is 1. The molecule has 7 aromatic rings. The average molecular weight is 841 g/mol. The van der Waals surface area contributed by atoms with Gasteiger partial charge in [-0.2, -0.15) is 23.8 Å². The maximum absolute atomic E-state index is 12.6. The Morgan fingerprint density at radius 2 is 1.38 bits per heavy atom. The van der Waals surface area contributed by atoms with Gasteiger partial charge in [-0.25, -0.2) is 9.78 Å². The molecule has 0 unspecified atom stereocenters. The third-order valence-corrected chi connectivity index (χ3v) is 8.76. The van der Waals surface area contributed by atoms with Gasteiger partial charge in [0.25, 0.3) is 15.8 Å². The van der Waals surface area contributed by atoms with Crippen LogP contribution in [-0.4, -0.2) is 43.0 Å². The fraction of sp³-hybridized carbons (Fsp3) is 0.0263. The Kier molecular flexibility index (Phi) is 13.0. The van der Waals surface area contributed by atoms with Crippen LogP contribution in [0.2, 0.25) is 0 Å².